The Morgan fingerprint density at radius 3 is 2.68 bits per heavy atom. The summed E-state index contributed by atoms with van der Waals surface area (Å²) in [6.07, 6.45) is 3.76. The first-order chi connectivity index (χ1) is 12.2. The third-order valence-electron chi connectivity index (χ3n) is 4.89. The van der Waals surface area contributed by atoms with Crippen molar-refractivity contribution < 1.29 is 9.21 Å². The van der Waals surface area contributed by atoms with Gasteiger partial charge in [-0.2, -0.15) is 5.26 Å². The maximum Gasteiger partial charge on any atom is 0.261 e. The van der Waals surface area contributed by atoms with Crippen LogP contribution in [-0.2, 0) is 0 Å². The predicted octanol–water partition coefficient (Wildman–Crippen LogP) is 2.52. The second-order valence-corrected chi connectivity index (χ2v) is 7.47. The van der Waals surface area contributed by atoms with Crippen molar-refractivity contribution in [3.63, 3.8) is 0 Å². The average molecular weight is 354 g/mol. The minimum absolute atomic E-state index is 0.0156. The van der Waals surface area contributed by atoms with Crippen LogP contribution in [0.15, 0.2) is 45.0 Å². The quantitative estimate of drug-likeness (QED) is 0.908. The smallest absolute Gasteiger partial charge is 0.261 e. The topological polar surface area (TPSA) is 82.2 Å². The number of carbonyl (C=O) groups excluding carboxylic acids is 1. The van der Waals surface area contributed by atoms with E-state index in [9.17, 15) is 4.79 Å². The highest BCUT2D eigenvalue weighted by Crippen LogP contribution is 2.29. The summed E-state index contributed by atoms with van der Waals surface area (Å²) in [5, 5.41) is 12.4. The molecule has 5 rings (SSSR count). The normalized spacial score (nSPS) is 24.7. The Hall–Kier alpha value is -2.30. The van der Waals surface area contributed by atoms with E-state index in [1.807, 2.05) is 30.3 Å². The first-order valence-electron chi connectivity index (χ1n) is 8.38. The van der Waals surface area contributed by atoms with E-state index in [4.69, 9.17) is 9.68 Å². The van der Waals surface area contributed by atoms with Gasteiger partial charge in [0.1, 0.15) is 6.07 Å². The number of nitrogens with one attached hydrogen (secondary N) is 1. The molecule has 0 aliphatic carbocycles. The molecule has 25 heavy (non-hydrogen) atoms. The largest absolute Gasteiger partial charge is 0.420 e. The highest BCUT2D eigenvalue weighted by atomic mass is 32.2. The summed E-state index contributed by atoms with van der Waals surface area (Å²) in [6, 6.07) is 9.53. The van der Waals surface area contributed by atoms with Gasteiger partial charge in [0, 0.05) is 23.0 Å². The molecular weight excluding hydrogens is 336 g/mol. The van der Waals surface area contributed by atoms with Crippen LogP contribution < -0.4 is 5.32 Å². The number of carbonyl (C=O) groups is 1. The Bertz CT molecular complexity index is 803. The van der Waals surface area contributed by atoms with Crippen LogP contribution in [0.3, 0.4) is 0 Å². The third kappa shape index (κ3) is 3.55. The van der Waals surface area contributed by atoms with Crippen molar-refractivity contribution in [2.75, 3.05) is 19.6 Å². The van der Waals surface area contributed by atoms with E-state index in [1.165, 1.54) is 30.8 Å². The molecule has 3 aliphatic rings. The van der Waals surface area contributed by atoms with Crippen molar-refractivity contribution in [3.05, 3.63) is 41.8 Å². The lowest BCUT2D eigenvalue weighted by molar-refractivity contribution is 0.0620. The number of benzene rings is 1. The molecule has 0 saturated carbocycles. The van der Waals surface area contributed by atoms with Gasteiger partial charge in [-0.15, -0.1) is 0 Å². The summed E-state index contributed by atoms with van der Waals surface area (Å²) < 4.78 is 5.25. The number of fused-ring (bicyclic) bond motifs is 3. The number of hydrogen-bond acceptors (Lipinski definition) is 6. The molecule has 1 atom stereocenters. The highest BCUT2D eigenvalue weighted by molar-refractivity contribution is 7.99. The van der Waals surface area contributed by atoms with Gasteiger partial charge in [0.05, 0.1) is 6.20 Å². The molecule has 7 heteroatoms. The number of aromatic nitrogens is 1. The van der Waals surface area contributed by atoms with Gasteiger partial charge in [-0.3, -0.25) is 4.79 Å². The van der Waals surface area contributed by atoms with Gasteiger partial charge in [-0.05, 0) is 67.9 Å². The van der Waals surface area contributed by atoms with E-state index in [-0.39, 0.29) is 17.7 Å². The van der Waals surface area contributed by atoms with Gasteiger partial charge < -0.3 is 14.6 Å². The molecule has 0 unspecified atom stereocenters. The lowest BCUT2D eigenvalue weighted by Crippen LogP contribution is -2.57. The molecule has 3 fully saturated rings. The minimum atomic E-state index is -0.0156. The Morgan fingerprint density at radius 1 is 1.32 bits per heavy atom. The Balaban J connectivity index is 1.38. The van der Waals surface area contributed by atoms with Crippen LogP contribution in [0.4, 0.5) is 0 Å². The number of piperidine rings is 3. The van der Waals surface area contributed by atoms with Crippen LogP contribution in [0.5, 0.6) is 0 Å². The Morgan fingerprint density at radius 2 is 2.08 bits per heavy atom. The molecule has 1 aromatic carbocycles. The van der Waals surface area contributed by atoms with Gasteiger partial charge in [0.2, 0.25) is 5.76 Å². The second-order valence-electron chi connectivity index (χ2n) is 6.45. The van der Waals surface area contributed by atoms with E-state index in [2.05, 4.69) is 15.2 Å². The van der Waals surface area contributed by atoms with E-state index >= 15 is 0 Å². The standard InChI is InChI=1S/C18H18N4O2S/c19-9-14-10-20-18(24-14)25-15-3-1-13(2-4-15)17(23)21-16-11-22-7-5-12(16)6-8-22/h1-4,10,12,16H,5-8,11H2,(H,21,23)/t16-/m0/s1. The number of rotatable bonds is 4. The van der Waals surface area contributed by atoms with E-state index in [1.54, 1.807) is 0 Å². The summed E-state index contributed by atoms with van der Waals surface area (Å²) >= 11 is 1.32. The van der Waals surface area contributed by atoms with Crippen molar-refractivity contribution in [2.45, 2.75) is 29.0 Å². The van der Waals surface area contributed by atoms with E-state index in [0.29, 0.717) is 16.7 Å². The average Bonchev–Trinajstić information content (AvgIpc) is 3.11. The molecule has 128 valence electrons. The summed E-state index contributed by atoms with van der Waals surface area (Å²) in [6.45, 7) is 3.30. The van der Waals surface area contributed by atoms with Crippen LogP contribution in [0.2, 0.25) is 0 Å². The molecule has 0 radical (unpaired) electrons. The van der Waals surface area contributed by atoms with E-state index < -0.39 is 0 Å². The van der Waals surface area contributed by atoms with Gasteiger partial charge >= 0.3 is 0 Å². The van der Waals surface area contributed by atoms with Crippen LogP contribution in [-0.4, -0.2) is 41.5 Å². The monoisotopic (exact) mass is 354 g/mol. The van der Waals surface area contributed by atoms with Gasteiger partial charge in [0.25, 0.3) is 11.1 Å². The SMILES string of the molecule is N#Cc1cnc(Sc2ccc(C(=O)N[C@H]3CN4CCC3CC4)cc2)o1. The minimum Gasteiger partial charge on any atom is -0.420 e. The Kier molecular flexibility index (Phi) is 4.47. The number of nitriles is 1. The van der Waals surface area contributed by atoms with Crippen molar-refractivity contribution in [1.29, 1.82) is 5.26 Å². The molecule has 1 N–H and O–H groups in total. The zero-order chi connectivity index (χ0) is 17.2. The summed E-state index contributed by atoms with van der Waals surface area (Å²) in [5.74, 6) is 0.789. The lowest BCUT2D eigenvalue weighted by Gasteiger charge is -2.44. The molecule has 1 aromatic heterocycles. The van der Waals surface area contributed by atoms with Crippen LogP contribution in [0.1, 0.15) is 29.0 Å². The van der Waals surface area contributed by atoms with Crippen LogP contribution >= 0.6 is 11.8 Å². The number of hydrogen-bond donors (Lipinski definition) is 1. The first kappa shape index (κ1) is 16.2. The van der Waals surface area contributed by atoms with Crippen molar-refractivity contribution >= 4 is 17.7 Å². The van der Waals surface area contributed by atoms with Gasteiger partial charge in [-0.1, -0.05) is 0 Å². The fraction of sp³-hybridized carbons (Fsp3) is 0.389. The molecule has 4 heterocycles. The summed E-state index contributed by atoms with van der Waals surface area (Å²) in [5.41, 5.74) is 0.658. The van der Waals surface area contributed by atoms with Crippen molar-refractivity contribution in [2.24, 2.45) is 5.92 Å². The molecule has 1 amide bonds. The summed E-state index contributed by atoms with van der Waals surface area (Å²) in [4.78, 5) is 19.9. The lowest BCUT2D eigenvalue weighted by atomic mass is 9.84. The molecule has 2 bridgehead atoms. The summed E-state index contributed by atoms with van der Waals surface area (Å²) in [7, 11) is 0. The van der Waals surface area contributed by atoms with Gasteiger partial charge in [0.15, 0.2) is 0 Å². The molecule has 3 aliphatic heterocycles. The molecule has 6 nitrogen and oxygen atoms in total. The molecule has 3 saturated heterocycles. The zero-order valence-electron chi connectivity index (χ0n) is 13.6. The maximum atomic E-state index is 12.5. The molecule has 2 aromatic rings. The molecular formula is C18H18N4O2S. The molecule has 0 spiro atoms. The van der Waals surface area contributed by atoms with Crippen molar-refractivity contribution in [3.8, 4) is 6.07 Å². The number of oxazole rings is 1. The highest BCUT2D eigenvalue weighted by Gasteiger charge is 2.34. The van der Waals surface area contributed by atoms with Crippen LogP contribution in [0, 0.1) is 17.2 Å². The number of nitrogens with zero attached hydrogens (tertiary/aromatic N) is 3. The fourth-order valence-electron chi connectivity index (χ4n) is 3.51. The third-order valence-corrected chi connectivity index (χ3v) is 5.76. The first-order valence-corrected chi connectivity index (χ1v) is 9.20. The second kappa shape index (κ2) is 6.90. The van der Waals surface area contributed by atoms with E-state index in [0.717, 1.165) is 24.5 Å². The predicted molar refractivity (Wildman–Crippen MR) is 92.2 cm³/mol. The van der Waals surface area contributed by atoms with Crippen LogP contribution in [0.25, 0.3) is 0 Å². The van der Waals surface area contributed by atoms with Gasteiger partial charge in [-0.25, -0.2) is 4.98 Å². The maximum absolute atomic E-state index is 12.5. The zero-order valence-corrected chi connectivity index (χ0v) is 14.5. The Labute approximate surface area is 150 Å². The van der Waals surface area contributed by atoms with Crippen molar-refractivity contribution in [1.82, 2.24) is 15.2 Å². The number of amides is 1. The fourth-order valence-corrected chi connectivity index (χ4v) is 4.22.